The van der Waals surface area contributed by atoms with Crippen molar-refractivity contribution in [2.75, 3.05) is 18.4 Å². The van der Waals surface area contributed by atoms with E-state index < -0.39 is 11.8 Å². The van der Waals surface area contributed by atoms with E-state index in [1.54, 1.807) is 17.0 Å². The molecule has 0 spiro atoms. The van der Waals surface area contributed by atoms with Gasteiger partial charge in [0, 0.05) is 36.8 Å². The largest absolute Gasteiger partial charge is 0.334 e. The molecule has 0 aliphatic carbocycles. The van der Waals surface area contributed by atoms with Crippen LogP contribution in [-0.2, 0) is 16.0 Å². The standard InChI is InChI=1S/C23H24N4O2/c28-22(25-20-11-5-2-6-12-20)23(29)27-13-7-10-18(16-27)21-19(15-24-26-21)14-17-8-3-1-4-9-17/h1-6,8-9,11-12,15,18H,7,10,13-14,16H2,(H,24,26)(H,25,28). The molecule has 2 aromatic carbocycles. The molecule has 1 atom stereocenters. The third-order valence-electron chi connectivity index (χ3n) is 5.33. The van der Waals surface area contributed by atoms with Crippen LogP contribution in [0.15, 0.2) is 66.9 Å². The summed E-state index contributed by atoms with van der Waals surface area (Å²) in [6.45, 7) is 1.12. The van der Waals surface area contributed by atoms with Gasteiger partial charge in [-0.1, -0.05) is 48.5 Å². The summed E-state index contributed by atoms with van der Waals surface area (Å²) in [5.41, 5.74) is 4.05. The minimum Gasteiger partial charge on any atom is -0.334 e. The molecular weight excluding hydrogens is 364 g/mol. The molecule has 29 heavy (non-hydrogen) atoms. The number of piperidine rings is 1. The number of nitrogens with one attached hydrogen (secondary N) is 2. The number of aromatic nitrogens is 2. The summed E-state index contributed by atoms with van der Waals surface area (Å²) in [5.74, 6) is -0.924. The number of likely N-dealkylation sites (tertiary alicyclic amines) is 1. The number of carbonyl (C=O) groups excluding carboxylic acids is 2. The van der Waals surface area contributed by atoms with Gasteiger partial charge in [-0.25, -0.2) is 0 Å². The third-order valence-corrected chi connectivity index (χ3v) is 5.33. The Labute approximate surface area is 169 Å². The molecular formula is C23H24N4O2. The molecule has 1 unspecified atom stereocenters. The van der Waals surface area contributed by atoms with Gasteiger partial charge >= 0.3 is 11.8 Å². The van der Waals surface area contributed by atoms with Crippen LogP contribution in [0, 0.1) is 0 Å². The number of amides is 2. The number of hydrogen-bond donors (Lipinski definition) is 2. The predicted molar refractivity (Wildman–Crippen MR) is 111 cm³/mol. The summed E-state index contributed by atoms with van der Waals surface area (Å²) in [4.78, 5) is 26.7. The molecule has 148 valence electrons. The molecule has 1 aliphatic rings. The number of H-pyrrole nitrogens is 1. The van der Waals surface area contributed by atoms with Gasteiger partial charge in [-0.3, -0.25) is 14.7 Å². The zero-order valence-electron chi connectivity index (χ0n) is 16.2. The van der Waals surface area contributed by atoms with E-state index in [1.807, 2.05) is 42.6 Å². The van der Waals surface area contributed by atoms with Gasteiger partial charge in [0.1, 0.15) is 0 Å². The van der Waals surface area contributed by atoms with Crippen molar-refractivity contribution >= 4 is 17.5 Å². The smallest absolute Gasteiger partial charge is 0.313 e. The second kappa shape index (κ2) is 8.73. The number of nitrogens with zero attached hydrogens (tertiary/aromatic N) is 2. The van der Waals surface area contributed by atoms with E-state index >= 15 is 0 Å². The number of rotatable bonds is 4. The maximum absolute atomic E-state index is 12.7. The van der Waals surface area contributed by atoms with Crippen LogP contribution >= 0.6 is 0 Å². The first-order chi connectivity index (χ1) is 14.2. The van der Waals surface area contributed by atoms with E-state index in [1.165, 1.54) is 5.56 Å². The number of para-hydroxylation sites is 1. The predicted octanol–water partition coefficient (Wildman–Crippen LogP) is 3.35. The van der Waals surface area contributed by atoms with E-state index in [4.69, 9.17) is 0 Å². The van der Waals surface area contributed by atoms with E-state index in [2.05, 4.69) is 27.6 Å². The van der Waals surface area contributed by atoms with Crippen LogP contribution in [0.25, 0.3) is 0 Å². The summed E-state index contributed by atoms with van der Waals surface area (Å²) < 4.78 is 0. The van der Waals surface area contributed by atoms with Crippen LogP contribution in [0.1, 0.15) is 35.6 Å². The zero-order chi connectivity index (χ0) is 20.1. The molecule has 2 heterocycles. The summed E-state index contributed by atoms with van der Waals surface area (Å²) in [5, 5.41) is 10.1. The molecule has 4 rings (SSSR count). The average molecular weight is 388 g/mol. The number of benzene rings is 2. The molecule has 0 saturated carbocycles. The van der Waals surface area contributed by atoms with E-state index in [9.17, 15) is 9.59 Å². The quantitative estimate of drug-likeness (QED) is 0.673. The Bertz CT molecular complexity index is 969. The number of hydrogen-bond acceptors (Lipinski definition) is 3. The first kappa shape index (κ1) is 18.9. The van der Waals surface area contributed by atoms with Crippen LogP contribution in [0.4, 0.5) is 5.69 Å². The molecule has 1 aliphatic heterocycles. The molecule has 0 radical (unpaired) electrons. The van der Waals surface area contributed by atoms with E-state index in [-0.39, 0.29) is 5.92 Å². The average Bonchev–Trinajstić information content (AvgIpc) is 3.23. The maximum Gasteiger partial charge on any atom is 0.313 e. The highest BCUT2D eigenvalue weighted by Crippen LogP contribution is 2.29. The number of aromatic amines is 1. The highest BCUT2D eigenvalue weighted by Gasteiger charge is 2.30. The molecule has 0 bridgehead atoms. The highest BCUT2D eigenvalue weighted by molar-refractivity contribution is 6.39. The van der Waals surface area contributed by atoms with Gasteiger partial charge in [0.2, 0.25) is 0 Å². The van der Waals surface area contributed by atoms with Crippen molar-refractivity contribution < 1.29 is 9.59 Å². The molecule has 1 aromatic heterocycles. The Morgan fingerprint density at radius 3 is 2.55 bits per heavy atom. The second-order valence-electron chi connectivity index (χ2n) is 7.38. The lowest BCUT2D eigenvalue weighted by Crippen LogP contribution is -2.44. The Hall–Kier alpha value is -3.41. The fourth-order valence-corrected chi connectivity index (χ4v) is 3.88. The fraction of sp³-hybridized carbons (Fsp3) is 0.261. The van der Waals surface area contributed by atoms with Gasteiger partial charge in [-0.05, 0) is 36.1 Å². The maximum atomic E-state index is 12.7. The lowest BCUT2D eigenvalue weighted by Gasteiger charge is -2.32. The lowest BCUT2D eigenvalue weighted by molar-refractivity contribution is -0.144. The number of anilines is 1. The van der Waals surface area contributed by atoms with Crippen LogP contribution in [-0.4, -0.2) is 40.0 Å². The van der Waals surface area contributed by atoms with Crippen molar-refractivity contribution in [2.45, 2.75) is 25.2 Å². The Kier molecular flexibility index (Phi) is 5.70. The van der Waals surface area contributed by atoms with Crippen LogP contribution in [0.2, 0.25) is 0 Å². The monoisotopic (exact) mass is 388 g/mol. The fourth-order valence-electron chi connectivity index (χ4n) is 3.88. The van der Waals surface area contributed by atoms with Crippen molar-refractivity contribution in [3.8, 4) is 0 Å². The van der Waals surface area contributed by atoms with Gasteiger partial charge in [0.05, 0.1) is 6.20 Å². The summed E-state index contributed by atoms with van der Waals surface area (Å²) in [6.07, 6.45) is 4.49. The topological polar surface area (TPSA) is 78.1 Å². The lowest BCUT2D eigenvalue weighted by atomic mass is 9.90. The minimum atomic E-state index is -0.592. The number of carbonyl (C=O) groups is 2. The van der Waals surface area contributed by atoms with E-state index in [0.717, 1.165) is 30.5 Å². The van der Waals surface area contributed by atoms with Gasteiger partial charge in [-0.15, -0.1) is 0 Å². The molecule has 3 aromatic rings. The molecule has 2 amide bonds. The van der Waals surface area contributed by atoms with Gasteiger partial charge in [-0.2, -0.15) is 5.10 Å². The Morgan fingerprint density at radius 2 is 1.79 bits per heavy atom. The van der Waals surface area contributed by atoms with Crippen LogP contribution < -0.4 is 5.32 Å². The Morgan fingerprint density at radius 1 is 1.07 bits per heavy atom. The van der Waals surface area contributed by atoms with Crippen molar-refractivity contribution in [3.05, 3.63) is 83.7 Å². The van der Waals surface area contributed by atoms with Crippen LogP contribution in [0.5, 0.6) is 0 Å². The first-order valence-corrected chi connectivity index (χ1v) is 9.92. The van der Waals surface area contributed by atoms with E-state index in [0.29, 0.717) is 18.8 Å². The summed E-state index contributed by atoms with van der Waals surface area (Å²) in [6, 6.07) is 19.3. The first-order valence-electron chi connectivity index (χ1n) is 9.92. The normalized spacial score (nSPS) is 16.4. The molecule has 6 heteroatoms. The highest BCUT2D eigenvalue weighted by atomic mass is 16.2. The molecule has 1 fully saturated rings. The summed E-state index contributed by atoms with van der Waals surface area (Å²) in [7, 11) is 0. The van der Waals surface area contributed by atoms with Gasteiger partial charge in [0.15, 0.2) is 0 Å². The molecule has 2 N–H and O–H groups in total. The SMILES string of the molecule is O=C(Nc1ccccc1)C(=O)N1CCCC(c2[nH]ncc2Cc2ccccc2)C1. The van der Waals surface area contributed by atoms with Crippen molar-refractivity contribution in [1.82, 2.24) is 15.1 Å². The van der Waals surface area contributed by atoms with Crippen molar-refractivity contribution in [1.29, 1.82) is 0 Å². The van der Waals surface area contributed by atoms with Gasteiger partial charge < -0.3 is 10.2 Å². The van der Waals surface area contributed by atoms with Crippen LogP contribution in [0.3, 0.4) is 0 Å². The van der Waals surface area contributed by atoms with Crippen molar-refractivity contribution in [2.24, 2.45) is 0 Å². The minimum absolute atomic E-state index is 0.151. The zero-order valence-corrected chi connectivity index (χ0v) is 16.2. The molecule has 1 saturated heterocycles. The summed E-state index contributed by atoms with van der Waals surface area (Å²) >= 11 is 0. The molecule has 6 nitrogen and oxygen atoms in total. The van der Waals surface area contributed by atoms with Gasteiger partial charge in [0.25, 0.3) is 0 Å². The Balaban J connectivity index is 1.43. The second-order valence-corrected chi connectivity index (χ2v) is 7.38. The van der Waals surface area contributed by atoms with Crippen molar-refractivity contribution in [3.63, 3.8) is 0 Å². The third kappa shape index (κ3) is 4.54.